The zero-order valence-corrected chi connectivity index (χ0v) is 23.3. The number of hydrazone groups is 1. The summed E-state index contributed by atoms with van der Waals surface area (Å²) >= 11 is 11.9. The van der Waals surface area contributed by atoms with E-state index in [9.17, 15) is 9.59 Å². The number of halogens is 2. The number of nitrogens with zero attached hydrogens (tertiary/aromatic N) is 1. The topological polar surface area (TPSA) is 89.0 Å². The molecule has 3 rings (SSSR count). The van der Waals surface area contributed by atoms with Gasteiger partial charge in [-0.05, 0) is 67.3 Å². The van der Waals surface area contributed by atoms with Crippen LogP contribution >= 0.6 is 23.2 Å². The van der Waals surface area contributed by atoms with E-state index in [4.69, 9.17) is 32.7 Å². The summed E-state index contributed by atoms with van der Waals surface area (Å²) in [4.78, 5) is 25.5. The van der Waals surface area contributed by atoms with Gasteiger partial charge in [0.05, 0.1) is 22.9 Å². The molecule has 0 radical (unpaired) electrons. The van der Waals surface area contributed by atoms with Crippen molar-refractivity contribution in [3.63, 3.8) is 0 Å². The van der Waals surface area contributed by atoms with Crippen molar-refractivity contribution >= 4 is 41.2 Å². The molecule has 1 unspecified atom stereocenters. The molecule has 2 N–H and O–H groups in total. The van der Waals surface area contributed by atoms with Crippen LogP contribution in [0.4, 0.5) is 0 Å². The summed E-state index contributed by atoms with van der Waals surface area (Å²) in [6, 6.07) is 17.2. The fourth-order valence-electron chi connectivity index (χ4n) is 3.47. The Kier molecular flexibility index (Phi) is 10.6. The summed E-state index contributed by atoms with van der Waals surface area (Å²) in [5.74, 6) is 0.102. The molecule has 7 nitrogen and oxygen atoms in total. The van der Waals surface area contributed by atoms with Gasteiger partial charge in [-0.15, -0.1) is 0 Å². The number of hydrogen-bond donors (Lipinski definition) is 2. The second-order valence-corrected chi connectivity index (χ2v) is 9.79. The lowest BCUT2D eigenvalue weighted by atomic mass is 10.0. The Hall–Kier alpha value is -3.55. The number of carbonyl (C=O) groups excluding carboxylic acids is 2. The van der Waals surface area contributed by atoms with Crippen molar-refractivity contribution in [2.75, 3.05) is 6.61 Å². The second-order valence-electron chi connectivity index (χ2n) is 8.97. The molecule has 0 aliphatic heterocycles. The van der Waals surface area contributed by atoms with Crippen LogP contribution in [0, 0.1) is 12.8 Å². The van der Waals surface area contributed by atoms with E-state index in [1.165, 1.54) is 23.9 Å². The molecule has 0 aromatic heterocycles. The maximum atomic E-state index is 12.8. The quantitative estimate of drug-likeness (QED) is 0.218. The van der Waals surface area contributed by atoms with Crippen molar-refractivity contribution in [3.05, 3.63) is 93.0 Å². The molecule has 0 aliphatic carbocycles. The molecule has 0 aliphatic rings. The fourth-order valence-corrected chi connectivity index (χ4v) is 3.77. The van der Waals surface area contributed by atoms with Gasteiger partial charge in [0.15, 0.2) is 11.5 Å². The monoisotopic (exact) mass is 555 g/mol. The van der Waals surface area contributed by atoms with Gasteiger partial charge in [0.2, 0.25) is 0 Å². The van der Waals surface area contributed by atoms with E-state index in [0.717, 1.165) is 5.56 Å². The molecule has 2 amide bonds. The van der Waals surface area contributed by atoms with Crippen molar-refractivity contribution in [2.24, 2.45) is 11.0 Å². The molecule has 9 heteroatoms. The van der Waals surface area contributed by atoms with Gasteiger partial charge in [0.25, 0.3) is 11.8 Å². The van der Waals surface area contributed by atoms with Crippen LogP contribution in [0.15, 0.2) is 65.8 Å². The molecule has 1 atom stereocenters. The Bertz CT molecular complexity index is 1290. The molecule has 38 heavy (non-hydrogen) atoms. The molecule has 200 valence electrons. The molecular formula is C29H31Cl2N3O4. The Morgan fingerprint density at radius 2 is 1.68 bits per heavy atom. The maximum absolute atomic E-state index is 12.8. The van der Waals surface area contributed by atoms with E-state index < -0.39 is 17.9 Å². The average Bonchev–Trinajstić information content (AvgIpc) is 2.89. The first kappa shape index (κ1) is 29.0. The lowest BCUT2D eigenvalue weighted by molar-refractivity contribution is -0.123. The number of ether oxygens (including phenoxy) is 2. The highest BCUT2D eigenvalue weighted by Crippen LogP contribution is 2.29. The average molecular weight is 556 g/mol. The van der Waals surface area contributed by atoms with Gasteiger partial charge in [-0.1, -0.05) is 66.9 Å². The molecule has 0 heterocycles. The van der Waals surface area contributed by atoms with Gasteiger partial charge in [0, 0.05) is 5.56 Å². The highest BCUT2D eigenvalue weighted by Gasteiger charge is 2.24. The lowest BCUT2D eigenvalue weighted by Crippen LogP contribution is -2.48. The first-order valence-corrected chi connectivity index (χ1v) is 13.0. The van der Waals surface area contributed by atoms with Crippen LogP contribution in [0.5, 0.6) is 11.5 Å². The summed E-state index contributed by atoms with van der Waals surface area (Å²) in [7, 11) is 0. The summed E-state index contributed by atoms with van der Waals surface area (Å²) in [5.41, 5.74) is 5.75. The van der Waals surface area contributed by atoms with Crippen LogP contribution < -0.4 is 20.2 Å². The molecule has 3 aromatic carbocycles. The number of aryl methyl sites for hydroxylation is 1. The highest BCUT2D eigenvalue weighted by molar-refractivity contribution is 6.42. The van der Waals surface area contributed by atoms with E-state index in [0.29, 0.717) is 40.9 Å². The number of hydrogen-bond acceptors (Lipinski definition) is 5. The number of benzene rings is 3. The van der Waals surface area contributed by atoms with Gasteiger partial charge < -0.3 is 14.8 Å². The molecule has 0 fully saturated rings. The Balaban J connectivity index is 1.63. The number of nitrogens with one attached hydrogen (secondary N) is 2. The number of rotatable bonds is 11. The minimum absolute atomic E-state index is 0.188. The van der Waals surface area contributed by atoms with E-state index in [2.05, 4.69) is 15.8 Å². The third-order valence-corrected chi connectivity index (χ3v) is 6.33. The SMILES string of the molecule is CCOc1cc(/C=N\NC(=O)C(NC(=O)c2ccc(Cl)c(Cl)c2)C(C)C)ccc1OCc1ccc(C)cc1. The van der Waals surface area contributed by atoms with E-state index in [-0.39, 0.29) is 10.9 Å². The minimum atomic E-state index is -0.814. The van der Waals surface area contributed by atoms with Gasteiger partial charge in [-0.3, -0.25) is 9.59 Å². The molecule has 3 aromatic rings. The van der Waals surface area contributed by atoms with Crippen molar-refractivity contribution in [1.29, 1.82) is 0 Å². The summed E-state index contributed by atoms with van der Waals surface area (Å²) in [5, 5.41) is 7.40. The van der Waals surface area contributed by atoms with Gasteiger partial charge in [0.1, 0.15) is 12.6 Å². The van der Waals surface area contributed by atoms with Crippen LogP contribution in [0.25, 0.3) is 0 Å². The molecule has 0 spiro atoms. The Labute approximate surface area is 233 Å². The minimum Gasteiger partial charge on any atom is -0.490 e. The van der Waals surface area contributed by atoms with E-state index in [1.807, 2.05) is 58.0 Å². The number of carbonyl (C=O) groups is 2. The summed E-state index contributed by atoms with van der Waals surface area (Å²) in [6.45, 7) is 8.46. The van der Waals surface area contributed by atoms with Crippen molar-refractivity contribution in [1.82, 2.24) is 10.7 Å². The zero-order chi connectivity index (χ0) is 27.7. The van der Waals surface area contributed by atoms with Gasteiger partial charge in [-0.25, -0.2) is 5.43 Å². The third-order valence-electron chi connectivity index (χ3n) is 5.59. The van der Waals surface area contributed by atoms with Crippen molar-refractivity contribution in [2.45, 2.75) is 40.3 Å². The summed E-state index contributed by atoms with van der Waals surface area (Å²) < 4.78 is 11.7. The van der Waals surface area contributed by atoms with Crippen LogP contribution in [-0.2, 0) is 11.4 Å². The molecule has 0 saturated heterocycles. The maximum Gasteiger partial charge on any atom is 0.262 e. The largest absolute Gasteiger partial charge is 0.490 e. The summed E-state index contributed by atoms with van der Waals surface area (Å²) in [6.07, 6.45) is 1.50. The Morgan fingerprint density at radius 3 is 2.34 bits per heavy atom. The highest BCUT2D eigenvalue weighted by atomic mass is 35.5. The smallest absolute Gasteiger partial charge is 0.262 e. The van der Waals surface area contributed by atoms with Crippen LogP contribution in [0.3, 0.4) is 0 Å². The third kappa shape index (κ3) is 8.23. The second kappa shape index (κ2) is 13.8. The lowest BCUT2D eigenvalue weighted by Gasteiger charge is -2.20. The molecule has 0 bridgehead atoms. The predicted octanol–water partition coefficient (Wildman–Crippen LogP) is 6.18. The molecular weight excluding hydrogens is 525 g/mol. The first-order chi connectivity index (χ1) is 18.2. The Morgan fingerprint density at radius 1 is 0.947 bits per heavy atom. The normalized spacial score (nSPS) is 11.9. The van der Waals surface area contributed by atoms with Crippen LogP contribution in [-0.4, -0.2) is 30.7 Å². The standard InChI is InChI=1S/C29H31Cl2N3O4/c1-5-37-26-14-21(10-13-25(26)38-17-20-8-6-19(4)7-9-20)16-32-34-29(36)27(18(2)3)33-28(35)22-11-12-23(30)24(31)15-22/h6-16,18,27H,5,17H2,1-4H3,(H,33,35)(H,34,36)/b32-16-. The van der Waals surface area contributed by atoms with Crippen molar-refractivity contribution < 1.29 is 19.1 Å². The van der Waals surface area contributed by atoms with E-state index >= 15 is 0 Å². The van der Waals surface area contributed by atoms with Gasteiger partial charge in [-0.2, -0.15) is 5.10 Å². The zero-order valence-electron chi connectivity index (χ0n) is 21.8. The first-order valence-electron chi connectivity index (χ1n) is 12.2. The van der Waals surface area contributed by atoms with Crippen molar-refractivity contribution in [3.8, 4) is 11.5 Å². The van der Waals surface area contributed by atoms with E-state index in [1.54, 1.807) is 18.2 Å². The van der Waals surface area contributed by atoms with Crippen LogP contribution in [0.1, 0.15) is 47.8 Å². The van der Waals surface area contributed by atoms with Gasteiger partial charge >= 0.3 is 0 Å². The van der Waals surface area contributed by atoms with Crippen LogP contribution in [0.2, 0.25) is 10.0 Å². The molecule has 0 saturated carbocycles. The predicted molar refractivity (Wildman–Crippen MR) is 151 cm³/mol. The fraction of sp³-hybridized carbons (Fsp3) is 0.276. The number of amides is 2.